The predicted molar refractivity (Wildman–Crippen MR) is 107 cm³/mol. The third-order valence-electron chi connectivity index (χ3n) is 5.00. The maximum absolute atomic E-state index is 12.7. The summed E-state index contributed by atoms with van der Waals surface area (Å²) in [6, 6.07) is 13.3. The summed E-state index contributed by atoms with van der Waals surface area (Å²) in [7, 11) is 1.65. The molecule has 3 aromatic rings. The lowest BCUT2D eigenvalue weighted by molar-refractivity contribution is 0.0615. The number of amides is 1. The molecule has 1 N–H and O–H groups in total. The van der Waals surface area contributed by atoms with Crippen molar-refractivity contribution in [2.45, 2.75) is 0 Å². The van der Waals surface area contributed by atoms with E-state index in [0.717, 1.165) is 42.2 Å². The van der Waals surface area contributed by atoms with Crippen molar-refractivity contribution in [3.05, 3.63) is 54.4 Å². The molecule has 146 valence electrons. The monoisotopic (exact) mass is 380 g/mol. The zero-order valence-electron chi connectivity index (χ0n) is 15.9. The Hall–Kier alpha value is -3.06. The SMILES string of the molecule is COc1cccc(OCCN2CCN(C(=O)c3cc4cccnc4[nH]3)CC2)c1. The van der Waals surface area contributed by atoms with Crippen molar-refractivity contribution in [3.63, 3.8) is 0 Å². The molecule has 0 saturated carbocycles. The van der Waals surface area contributed by atoms with Crippen LogP contribution in [0, 0.1) is 0 Å². The lowest BCUT2D eigenvalue weighted by Gasteiger charge is -2.34. The predicted octanol–water partition coefficient (Wildman–Crippen LogP) is 2.41. The largest absolute Gasteiger partial charge is 0.497 e. The molecule has 1 aliphatic rings. The summed E-state index contributed by atoms with van der Waals surface area (Å²) < 4.78 is 11.0. The summed E-state index contributed by atoms with van der Waals surface area (Å²) in [6.07, 6.45) is 1.72. The van der Waals surface area contributed by atoms with E-state index in [-0.39, 0.29) is 5.91 Å². The number of benzene rings is 1. The lowest BCUT2D eigenvalue weighted by atomic mass is 10.2. The van der Waals surface area contributed by atoms with E-state index in [1.54, 1.807) is 13.3 Å². The molecule has 0 spiro atoms. The Morgan fingerprint density at radius 1 is 1.11 bits per heavy atom. The fraction of sp³-hybridized carbons (Fsp3) is 0.333. The van der Waals surface area contributed by atoms with E-state index in [9.17, 15) is 4.79 Å². The summed E-state index contributed by atoms with van der Waals surface area (Å²) in [6.45, 7) is 4.53. The molecular formula is C21H24N4O3. The van der Waals surface area contributed by atoms with Crippen LogP contribution >= 0.6 is 0 Å². The van der Waals surface area contributed by atoms with Crippen molar-refractivity contribution in [1.29, 1.82) is 0 Å². The number of hydrogen-bond acceptors (Lipinski definition) is 5. The van der Waals surface area contributed by atoms with E-state index < -0.39 is 0 Å². The number of pyridine rings is 1. The minimum Gasteiger partial charge on any atom is -0.497 e. The maximum atomic E-state index is 12.7. The van der Waals surface area contributed by atoms with E-state index in [0.29, 0.717) is 25.4 Å². The van der Waals surface area contributed by atoms with Crippen LogP contribution < -0.4 is 9.47 Å². The first-order valence-corrected chi connectivity index (χ1v) is 9.45. The van der Waals surface area contributed by atoms with Gasteiger partial charge in [0.2, 0.25) is 0 Å². The molecule has 28 heavy (non-hydrogen) atoms. The van der Waals surface area contributed by atoms with Crippen molar-refractivity contribution in [2.75, 3.05) is 46.4 Å². The van der Waals surface area contributed by atoms with Crippen molar-refractivity contribution in [2.24, 2.45) is 0 Å². The maximum Gasteiger partial charge on any atom is 0.270 e. The number of carbonyl (C=O) groups is 1. The fourth-order valence-corrected chi connectivity index (χ4v) is 3.40. The van der Waals surface area contributed by atoms with E-state index in [2.05, 4.69) is 14.9 Å². The smallest absolute Gasteiger partial charge is 0.270 e. The molecule has 0 aliphatic carbocycles. The summed E-state index contributed by atoms with van der Waals surface area (Å²) in [5, 5.41) is 0.958. The molecule has 2 aromatic heterocycles. The highest BCUT2D eigenvalue weighted by Crippen LogP contribution is 2.19. The van der Waals surface area contributed by atoms with Gasteiger partial charge in [0, 0.05) is 50.4 Å². The number of carbonyl (C=O) groups excluding carboxylic acids is 1. The first kappa shape index (κ1) is 18.3. The summed E-state index contributed by atoms with van der Waals surface area (Å²) in [5.74, 6) is 1.63. The highest BCUT2D eigenvalue weighted by atomic mass is 16.5. The summed E-state index contributed by atoms with van der Waals surface area (Å²) in [4.78, 5) is 24.3. The van der Waals surface area contributed by atoms with Crippen LogP contribution in [0.3, 0.4) is 0 Å². The summed E-state index contributed by atoms with van der Waals surface area (Å²) in [5.41, 5.74) is 1.35. The third-order valence-corrected chi connectivity index (χ3v) is 5.00. The Labute approximate surface area is 163 Å². The number of nitrogens with one attached hydrogen (secondary N) is 1. The molecule has 1 fully saturated rings. The Kier molecular flexibility index (Phi) is 5.43. The van der Waals surface area contributed by atoms with Crippen LogP contribution in [0.4, 0.5) is 0 Å². The number of piperazine rings is 1. The van der Waals surface area contributed by atoms with E-state index in [1.807, 2.05) is 47.4 Å². The minimum absolute atomic E-state index is 0.0327. The molecule has 1 amide bonds. The molecular weight excluding hydrogens is 356 g/mol. The highest BCUT2D eigenvalue weighted by Gasteiger charge is 2.23. The van der Waals surface area contributed by atoms with Crippen LogP contribution in [-0.2, 0) is 0 Å². The standard InChI is InChI=1S/C21H24N4O3/c1-27-17-5-2-6-18(15-17)28-13-12-24-8-10-25(11-9-24)21(26)19-14-16-4-3-7-22-20(16)23-19/h2-7,14-15H,8-13H2,1H3,(H,22,23). The van der Waals surface area contributed by atoms with E-state index >= 15 is 0 Å². The van der Waals surface area contributed by atoms with Gasteiger partial charge in [0.15, 0.2) is 0 Å². The van der Waals surface area contributed by atoms with Gasteiger partial charge in [0.25, 0.3) is 5.91 Å². The van der Waals surface area contributed by atoms with Crippen molar-refractivity contribution >= 4 is 16.9 Å². The molecule has 0 unspecified atom stereocenters. The number of rotatable bonds is 6. The second kappa shape index (κ2) is 8.31. The number of aromatic nitrogens is 2. The Bertz CT molecular complexity index is 914. The number of methoxy groups -OCH3 is 1. The number of ether oxygens (including phenoxy) is 2. The third kappa shape index (κ3) is 4.09. The van der Waals surface area contributed by atoms with Gasteiger partial charge in [-0.2, -0.15) is 0 Å². The Morgan fingerprint density at radius 2 is 1.93 bits per heavy atom. The van der Waals surface area contributed by atoms with Crippen LogP contribution in [0.1, 0.15) is 10.5 Å². The van der Waals surface area contributed by atoms with Gasteiger partial charge in [0.05, 0.1) is 7.11 Å². The zero-order valence-corrected chi connectivity index (χ0v) is 15.9. The van der Waals surface area contributed by atoms with Crippen molar-refractivity contribution in [3.8, 4) is 11.5 Å². The molecule has 0 atom stereocenters. The van der Waals surface area contributed by atoms with Crippen molar-refractivity contribution in [1.82, 2.24) is 19.8 Å². The fourth-order valence-electron chi connectivity index (χ4n) is 3.40. The van der Waals surface area contributed by atoms with Gasteiger partial charge in [-0.15, -0.1) is 0 Å². The Morgan fingerprint density at radius 3 is 2.71 bits per heavy atom. The molecule has 7 heteroatoms. The molecule has 4 rings (SSSR count). The average Bonchev–Trinajstić information content (AvgIpc) is 3.18. The van der Waals surface area contributed by atoms with Gasteiger partial charge in [-0.3, -0.25) is 9.69 Å². The van der Waals surface area contributed by atoms with Crippen LogP contribution in [0.2, 0.25) is 0 Å². The average molecular weight is 380 g/mol. The second-order valence-corrected chi connectivity index (χ2v) is 6.79. The molecule has 1 aliphatic heterocycles. The van der Waals surface area contributed by atoms with Gasteiger partial charge in [-0.05, 0) is 30.3 Å². The number of fused-ring (bicyclic) bond motifs is 1. The van der Waals surface area contributed by atoms with Crippen LogP contribution in [0.25, 0.3) is 11.0 Å². The molecule has 1 saturated heterocycles. The van der Waals surface area contributed by atoms with Gasteiger partial charge in [0.1, 0.15) is 29.4 Å². The van der Waals surface area contributed by atoms with Gasteiger partial charge in [-0.25, -0.2) is 4.98 Å². The minimum atomic E-state index is 0.0327. The van der Waals surface area contributed by atoms with Gasteiger partial charge in [-0.1, -0.05) is 6.07 Å². The first-order valence-electron chi connectivity index (χ1n) is 9.45. The molecule has 7 nitrogen and oxygen atoms in total. The molecule has 3 heterocycles. The number of H-pyrrole nitrogens is 1. The van der Waals surface area contributed by atoms with Crippen molar-refractivity contribution < 1.29 is 14.3 Å². The normalized spacial score (nSPS) is 15.0. The van der Waals surface area contributed by atoms with Gasteiger partial charge >= 0.3 is 0 Å². The number of nitrogens with zero attached hydrogens (tertiary/aromatic N) is 3. The van der Waals surface area contributed by atoms with Crippen LogP contribution in [-0.4, -0.2) is 72.1 Å². The molecule has 0 radical (unpaired) electrons. The number of hydrogen-bond donors (Lipinski definition) is 1. The zero-order chi connectivity index (χ0) is 19.3. The van der Waals surface area contributed by atoms with Gasteiger partial charge < -0.3 is 19.4 Å². The quantitative estimate of drug-likeness (QED) is 0.711. The van der Waals surface area contributed by atoms with Crippen LogP contribution in [0.5, 0.6) is 11.5 Å². The summed E-state index contributed by atoms with van der Waals surface area (Å²) >= 11 is 0. The highest BCUT2D eigenvalue weighted by molar-refractivity contribution is 5.97. The lowest BCUT2D eigenvalue weighted by Crippen LogP contribution is -2.49. The topological polar surface area (TPSA) is 70.7 Å². The Balaban J connectivity index is 1.25. The van der Waals surface area contributed by atoms with Crippen LogP contribution in [0.15, 0.2) is 48.7 Å². The second-order valence-electron chi connectivity index (χ2n) is 6.79. The van der Waals surface area contributed by atoms with E-state index in [4.69, 9.17) is 9.47 Å². The first-order chi connectivity index (χ1) is 13.7. The molecule has 0 bridgehead atoms. The molecule has 1 aromatic carbocycles. The number of aromatic amines is 1. The van der Waals surface area contributed by atoms with E-state index in [1.165, 1.54) is 0 Å².